The zero-order valence-electron chi connectivity index (χ0n) is 26.5. The first-order chi connectivity index (χ1) is 20.6. The lowest BCUT2D eigenvalue weighted by Gasteiger charge is -2.28. The van der Waals surface area contributed by atoms with E-state index in [0.717, 1.165) is 0 Å². The summed E-state index contributed by atoms with van der Waals surface area (Å²) < 4.78 is 62.8. The van der Waals surface area contributed by atoms with Crippen molar-refractivity contribution in [3.05, 3.63) is 47.5 Å². The molecule has 0 unspecified atom stereocenters. The summed E-state index contributed by atoms with van der Waals surface area (Å²) in [5.41, 5.74) is 1.02. The second-order valence-electron chi connectivity index (χ2n) is 9.76. The number of hydrogen-bond donors (Lipinski definition) is 2. The van der Waals surface area contributed by atoms with Crippen LogP contribution in [0.1, 0.15) is 65.5 Å². The number of aryl methyl sites for hydroxylation is 2. The number of hydrogen-bond acceptors (Lipinski definition) is 10. The molecule has 0 heterocycles. The highest BCUT2D eigenvalue weighted by atomic mass is 32.2. The smallest absolute Gasteiger partial charge is 0.500 e. The minimum absolute atomic E-state index is 0.0207. The molecule has 2 aromatic rings. The molecule has 0 saturated carbocycles. The molecule has 0 radical (unpaired) electrons. The molecule has 2 N–H and O–H groups in total. The molecule has 0 aliphatic rings. The first kappa shape index (κ1) is 37.4. The van der Waals surface area contributed by atoms with Gasteiger partial charge in [-0.05, 0) is 115 Å². The van der Waals surface area contributed by atoms with E-state index in [-0.39, 0.29) is 21.3 Å². The van der Waals surface area contributed by atoms with E-state index in [1.807, 2.05) is 41.5 Å². The maximum absolute atomic E-state index is 13.7. The van der Waals surface area contributed by atoms with Gasteiger partial charge in [-0.3, -0.25) is 0 Å². The third-order valence-electron chi connectivity index (χ3n) is 6.77. The highest BCUT2D eigenvalue weighted by molar-refractivity contribution is 7.91. The number of phenols is 2. The van der Waals surface area contributed by atoms with Gasteiger partial charge in [0, 0.05) is 51.7 Å². The number of phenolic OH excluding ortho intramolecular Hbond substituents is 2. The fraction of sp³-hybridized carbons (Fsp3) is 0.600. The Hall–Kier alpha value is -1.82. The van der Waals surface area contributed by atoms with Crippen molar-refractivity contribution in [2.45, 2.75) is 89.1 Å². The minimum atomic E-state index is -3.93. The van der Waals surface area contributed by atoms with Gasteiger partial charge in [0.25, 0.3) is 0 Å². The fourth-order valence-electron chi connectivity index (χ4n) is 4.99. The molecule has 0 fully saturated rings. The van der Waals surface area contributed by atoms with Crippen LogP contribution in [0.2, 0.25) is 12.1 Å². The van der Waals surface area contributed by atoms with Gasteiger partial charge in [-0.25, -0.2) is 8.42 Å². The van der Waals surface area contributed by atoms with Gasteiger partial charge in [-0.15, -0.1) is 0 Å². The van der Waals surface area contributed by atoms with Gasteiger partial charge in [0.05, 0.1) is 9.79 Å². The Morgan fingerprint density at radius 1 is 0.558 bits per heavy atom. The lowest BCUT2D eigenvalue weighted by Crippen LogP contribution is -2.46. The summed E-state index contributed by atoms with van der Waals surface area (Å²) in [7, 11) is -9.66. The molecule has 10 nitrogen and oxygen atoms in total. The monoisotopic (exact) mass is 658 g/mol. The van der Waals surface area contributed by atoms with Crippen LogP contribution >= 0.6 is 0 Å². The van der Waals surface area contributed by atoms with Crippen LogP contribution in [0.3, 0.4) is 0 Å². The van der Waals surface area contributed by atoms with Crippen LogP contribution < -0.4 is 0 Å². The topological polar surface area (TPSA) is 130 Å². The molecule has 43 heavy (non-hydrogen) atoms. The lowest BCUT2D eigenvalue weighted by molar-refractivity contribution is 0.0700. The molecule has 13 heteroatoms. The van der Waals surface area contributed by atoms with Crippen LogP contribution in [-0.4, -0.2) is 75.9 Å². The van der Waals surface area contributed by atoms with E-state index in [1.165, 1.54) is 36.4 Å². The van der Waals surface area contributed by atoms with Crippen molar-refractivity contribution >= 4 is 27.4 Å². The maximum atomic E-state index is 13.7. The van der Waals surface area contributed by atoms with E-state index >= 15 is 0 Å². The third kappa shape index (κ3) is 10.6. The second kappa shape index (κ2) is 18.2. The normalized spacial score (nSPS) is 12.6. The van der Waals surface area contributed by atoms with Gasteiger partial charge in [-0.2, -0.15) is 0 Å². The molecule has 0 aliphatic carbocycles. The molecule has 244 valence electrons. The van der Waals surface area contributed by atoms with Gasteiger partial charge in [0.15, 0.2) is 0 Å². The van der Waals surface area contributed by atoms with Crippen LogP contribution in [0.15, 0.2) is 46.2 Å². The molecule has 0 atom stereocenters. The van der Waals surface area contributed by atoms with Gasteiger partial charge in [0.1, 0.15) is 11.5 Å². The SMILES string of the molecule is CCO[Si](CCCc1cc(S(=O)(=O)c2ccc(O)c(CCC[Si](OCC)(OCC)OCC)c2)ccc1O)(OCC)OCC. The minimum Gasteiger partial charge on any atom is -0.508 e. The van der Waals surface area contributed by atoms with Crippen molar-refractivity contribution < 1.29 is 45.2 Å². The predicted molar refractivity (Wildman–Crippen MR) is 169 cm³/mol. The van der Waals surface area contributed by atoms with E-state index in [4.69, 9.17) is 26.6 Å². The van der Waals surface area contributed by atoms with E-state index in [0.29, 0.717) is 88.5 Å². The number of sulfone groups is 1. The number of benzene rings is 2. The summed E-state index contributed by atoms with van der Waals surface area (Å²) in [4.78, 5) is 0.130. The lowest BCUT2D eigenvalue weighted by atomic mass is 10.1. The summed E-state index contributed by atoms with van der Waals surface area (Å²) in [5.74, 6) is 0.0415. The van der Waals surface area contributed by atoms with Crippen LogP contribution in [0, 0.1) is 0 Å². The van der Waals surface area contributed by atoms with Crippen LogP contribution in [0.5, 0.6) is 11.5 Å². The zero-order chi connectivity index (χ0) is 31.9. The quantitative estimate of drug-likeness (QED) is 0.148. The molecule has 0 bridgehead atoms. The van der Waals surface area contributed by atoms with Gasteiger partial charge in [-0.1, -0.05) is 0 Å². The van der Waals surface area contributed by atoms with Crippen molar-refractivity contribution in [2.75, 3.05) is 39.6 Å². The van der Waals surface area contributed by atoms with Crippen molar-refractivity contribution in [3.63, 3.8) is 0 Å². The predicted octanol–water partition coefficient (Wildman–Crippen LogP) is 5.89. The molecule has 0 spiro atoms. The highest BCUT2D eigenvalue weighted by Crippen LogP contribution is 2.31. The van der Waals surface area contributed by atoms with Gasteiger partial charge in [0.2, 0.25) is 9.84 Å². The van der Waals surface area contributed by atoms with Crippen LogP contribution in [-0.2, 0) is 49.2 Å². The average molecular weight is 659 g/mol. The van der Waals surface area contributed by atoms with Crippen LogP contribution in [0.25, 0.3) is 0 Å². The fourth-order valence-corrected chi connectivity index (χ4v) is 11.6. The Morgan fingerprint density at radius 2 is 0.860 bits per heavy atom. The van der Waals surface area contributed by atoms with Gasteiger partial charge >= 0.3 is 17.6 Å². The van der Waals surface area contributed by atoms with Crippen molar-refractivity contribution in [1.29, 1.82) is 0 Å². The Morgan fingerprint density at radius 3 is 1.14 bits per heavy atom. The Balaban J connectivity index is 2.23. The zero-order valence-corrected chi connectivity index (χ0v) is 29.3. The van der Waals surface area contributed by atoms with Crippen molar-refractivity contribution in [1.82, 2.24) is 0 Å². The Kier molecular flexibility index (Phi) is 15.8. The highest BCUT2D eigenvalue weighted by Gasteiger charge is 2.40. The molecular weight excluding hydrogens is 609 g/mol. The van der Waals surface area contributed by atoms with Crippen molar-refractivity contribution in [2.24, 2.45) is 0 Å². The Bertz CT molecular complexity index is 1100. The van der Waals surface area contributed by atoms with Gasteiger partial charge < -0.3 is 36.8 Å². The molecule has 0 aliphatic heterocycles. The maximum Gasteiger partial charge on any atom is 0.500 e. The summed E-state index contributed by atoms with van der Waals surface area (Å²) in [6.45, 7) is 14.2. The number of aromatic hydroxyl groups is 2. The van der Waals surface area contributed by atoms with E-state index in [1.54, 1.807) is 0 Å². The Labute approximate surface area is 259 Å². The molecular formula is C30H50O10SSi2. The van der Waals surface area contributed by atoms with Crippen LogP contribution in [0.4, 0.5) is 0 Å². The summed E-state index contributed by atoms with van der Waals surface area (Å²) >= 11 is 0. The number of rotatable bonds is 22. The van der Waals surface area contributed by atoms with E-state index in [2.05, 4.69) is 0 Å². The summed E-state index contributed by atoms with van der Waals surface area (Å²) in [5, 5.41) is 21.1. The summed E-state index contributed by atoms with van der Waals surface area (Å²) in [6, 6.07) is 9.70. The first-order valence-corrected chi connectivity index (χ1v) is 20.6. The standard InChI is InChI=1S/C30H50O10SSi2/c1-7-35-42(36-8-2,37-9-3)21-13-15-25-23-27(17-19-29(25)31)41(33,34)28-18-20-30(32)26(24-28)16-14-22-43(38-10-4,39-11-5)40-12-6/h17-20,23-24,31-32H,7-16,21-22H2,1-6H3. The molecule has 0 saturated heterocycles. The van der Waals surface area contributed by atoms with E-state index in [9.17, 15) is 18.6 Å². The largest absolute Gasteiger partial charge is 0.508 e. The molecule has 0 amide bonds. The molecule has 0 aromatic heterocycles. The summed E-state index contributed by atoms with van der Waals surface area (Å²) in [6.07, 6.45) is 2.01. The second-order valence-corrected chi connectivity index (χ2v) is 17.2. The average Bonchev–Trinajstić information content (AvgIpc) is 2.96. The molecule has 2 aromatic carbocycles. The first-order valence-electron chi connectivity index (χ1n) is 15.3. The third-order valence-corrected chi connectivity index (χ3v) is 14.8. The van der Waals surface area contributed by atoms with Crippen molar-refractivity contribution in [3.8, 4) is 11.5 Å². The van der Waals surface area contributed by atoms with E-state index < -0.39 is 27.4 Å². The molecule has 2 rings (SSSR count).